The fourth-order valence-corrected chi connectivity index (χ4v) is 2.32. The maximum atomic E-state index is 12.3. The molecule has 0 amide bonds. The molecule has 0 bridgehead atoms. The third kappa shape index (κ3) is 4.35. The average molecular weight is 297 g/mol. The van der Waals surface area contributed by atoms with E-state index in [1.54, 1.807) is 7.05 Å². The predicted octanol–water partition coefficient (Wildman–Crippen LogP) is 1.45. The summed E-state index contributed by atoms with van der Waals surface area (Å²) in [4.78, 5) is 3.17. The van der Waals surface area contributed by atoms with Gasteiger partial charge in [-0.1, -0.05) is 0 Å². The van der Waals surface area contributed by atoms with Gasteiger partial charge < -0.3 is 5.32 Å². The molecule has 108 valence electrons. The minimum absolute atomic E-state index is 0.00375. The van der Waals surface area contributed by atoms with Crippen LogP contribution in [-0.4, -0.2) is 32.2 Å². The quantitative estimate of drug-likeness (QED) is 0.863. The van der Waals surface area contributed by atoms with E-state index in [9.17, 15) is 21.6 Å². The van der Waals surface area contributed by atoms with Gasteiger partial charge in [-0.15, -0.1) is 0 Å². The molecule has 0 aliphatic rings. The summed E-state index contributed by atoms with van der Waals surface area (Å²) in [6.07, 6.45) is -3.71. The smallest absolute Gasteiger partial charge is 0.318 e. The van der Waals surface area contributed by atoms with Crippen molar-refractivity contribution in [1.29, 1.82) is 0 Å². The fraction of sp³-hybridized carbons (Fsp3) is 0.500. The maximum absolute atomic E-state index is 12.3. The number of rotatable bonds is 5. The van der Waals surface area contributed by atoms with Gasteiger partial charge in [0, 0.05) is 6.54 Å². The van der Waals surface area contributed by atoms with Crippen LogP contribution in [0.25, 0.3) is 0 Å². The monoisotopic (exact) mass is 297 g/mol. The lowest BCUT2D eigenvalue weighted by molar-refractivity contribution is -0.141. The number of anilines is 1. The molecule has 1 atom stereocenters. The molecule has 0 aromatic carbocycles. The van der Waals surface area contributed by atoms with Gasteiger partial charge in [0.1, 0.15) is 5.69 Å². The molecule has 19 heavy (non-hydrogen) atoms. The van der Waals surface area contributed by atoms with E-state index in [0.29, 0.717) is 0 Å². The number of halogens is 3. The first kappa shape index (κ1) is 15.7. The van der Waals surface area contributed by atoms with Crippen molar-refractivity contribution in [3.63, 3.8) is 0 Å². The van der Waals surface area contributed by atoms with Crippen LogP contribution in [0.5, 0.6) is 0 Å². The molecular formula is C10H14F3N3O2S. The SMILES string of the molecule is CNCC(C)S(=O)(=O)Nc1ccc(C(F)(F)F)nc1. The molecule has 0 fully saturated rings. The number of alkyl halides is 3. The van der Waals surface area contributed by atoms with Crippen molar-refractivity contribution in [1.82, 2.24) is 10.3 Å². The van der Waals surface area contributed by atoms with Crippen LogP contribution in [0.15, 0.2) is 18.3 Å². The highest BCUT2D eigenvalue weighted by Gasteiger charge is 2.32. The third-order valence-corrected chi connectivity index (χ3v) is 4.08. The minimum atomic E-state index is -4.54. The lowest BCUT2D eigenvalue weighted by atomic mass is 10.3. The Morgan fingerprint density at radius 1 is 1.37 bits per heavy atom. The van der Waals surface area contributed by atoms with Crippen LogP contribution >= 0.6 is 0 Å². The van der Waals surface area contributed by atoms with Gasteiger partial charge >= 0.3 is 6.18 Å². The normalized spacial score (nSPS) is 14.2. The second kappa shape index (κ2) is 5.74. The number of hydrogen-bond acceptors (Lipinski definition) is 4. The number of aromatic nitrogens is 1. The number of sulfonamides is 1. The lowest BCUT2D eigenvalue weighted by Gasteiger charge is -2.14. The molecule has 9 heteroatoms. The molecule has 1 unspecified atom stereocenters. The Kier molecular flexibility index (Phi) is 4.75. The van der Waals surface area contributed by atoms with E-state index in [1.807, 2.05) is 0 Å². The molecule has 1 aromatic heterocycles. The van der Waals surface area contributed by atoms with Crippen LogP contribution in [0.4, 0.5) is 18.9 Å². The van der Waals surface area contributed by atoms with Gasteiger partial charge in [-0.25, -0.2) is 13.4 Å². The summed E-state index contributed by atoms with van der Waals surface area (Å²) < 4.78 is 62.6. The summed E-state index contributed by atoms with van der Waals surface area (Å²) in [5, 5.41) is 1.98. The number of nitrogens with zero attached hydrogens (tertiary/aromatic N) is 1. The zero-order valence-electron chi connectivity index (χ0n) is 10.3. The molecule has 0 spiro atoms. The van der Waals surface area contributed by atoms with Crippen LogP contribution in [0.2, 0.25) is 0 Å². The Balaban J connectivity index is 2.84. The van der Waals surface area contributed by atoms with Crippen molar-refractivity contribution in [2.75, 3.05) is 18.3 Å². The predicted molar refractivity (Wildman–Crippen MR) is 65.2 cm³/mol. The van der Waals surface area contributed by atoms with Crippen molar-refractivity contribution in [2.24, 2.45) is 0 Å². The van der Waals surface area contributed by atoms with Crippen LogP contribution in [0.3, 0.4) is 0 Å². The summed E-state index contributed by atoms with van der Waals surface area (Å²) in [6, 6.07) is 1.75. The van der Waals surface area contributed by atoms with Gasteiger partial charge in [-0.2, -0.15) is 13.2 Å². The van der Waals surface area contributed by atoms with Crippen molar-refractivity contribution in [3.05, 3.63) is 24.0 Å². The highest BCUT2D eigenvalue weighted by Crippen LogP contribution is 2.27. The van der Waals surface area contributed by atoms with E-state index >= 15 is 0 Å². The van der Waals surface area contributed by atoms with Gasteiger partial charge in [0.25, 0.3) is 0 Å². The Labute approximate surface area is 109 Å². The highest BCUT2D eigenvalue weighted by molar-refractivity contribution is 7.93. The van der Waals surface area contributed by atoms with E-state index in [2.05, 4.69) is 15.0 Å². The Hall–Kier alpha value is -1.35. The van der Waals surface area contributed by atoms with Crippen LogP contribution < -0.4 is 10.0 Å². The Morgan fingerprint density at radius 2 is 2.00 bits per heavy atom. The van der Waals surface area contributed by atoms with E-state index in [1.165, 1.54) is 6.92 Å². The molecule has 2 N–H and O–H groups in total. The molecule has 1 heterocycles. The molecule has 0 aliphatic carbocycles. The fourth-order valence-electron chi connectivity index (χ4n) is 1.28. The molecule has 0 aliphatic heterocycles. The first-order valence-electron chi connectivity index (χ1n) is 5.36. The molecule has 5 nitrogen and oxygen atoms in total. The topological polar surface area (TPSA) is 71.1 Å². The summed E-state index contributed by atoms with van der Waals surface area (Å²) in [6.45, 7) is 1.71. The van der Waals surface area contributed by atoms with Crippen molar-refractivity contribution in [2.45, 2.75) is 18.3 Å². The summed E-state index contributed by atoms with van der Waals surface area (Å²) in [5.41, 5.74) is -1.07. The van der Waals surface area contributed by atoms with Crippen LogP contribution in [-0.2, 0) is 16.2 Å². The van der Waals surface area contributed by atoms with Crippen molar-refractivity contribution in [3.8, 4) is 0 Å². The first-order chi connectivity index (χ1) is 8.66. The minimum Gasteiger partial charge on any atom is -0.318 e. The van der Waals surface area contributed by atoms with Gasteiger partial charge in [0.2, 0.25) is 10.0 Å². The number of pyridine rings is 1. The van der Waals surface area contributed by atoms with Crippen LogP contribution in [0, 0.1) is 0 Å². The Bertz CT molecular complexity index is 514. The standard InChI is InChI=1S/C10H14F3N3O2S/c1-7(5-14-2)19(17,18)16-8-3-4-9(15-6-8)10(11,12)13/h3-4,6-7,14,16H,5H2,1-2H3. The van der Waals surface area contributed by atoms with Gasteiger partial charge in [0.05, 0.1) is 17.1 Å². The first-order valence-corrected chi connectivity index (χ1v) is 6.91. The van der Waals surface area contributed by atoms with Crippen molar-refractivity contribution >= 4 is 15.7 Å². The summed E-state index contributed by atoms with van der Waals surface area (Å²) in [7, 11) is -2.05. The largest absolute Gasteiger partial charge is 0.433 e. The summed E-state index contributed by atoms with van der Waals surface area (Å²) >= 11 is 0. The van der Waals surface area contributed by atoms with Gasteiger partial charge in [-0.3, -0.25) is 4.72 Å². The Morgan fingerprint density at radius 3 is 2.42 bits per heavy atom. The van der Waals surface area contributed by atoms with Gasteiger partial charge in [-0.05, 0) is 26.1 Å². The molecule has 0 saturated carbocycles. The van der Waals surface area contributed by atoms with Gasteiger partial charge in [0.15, 0.2) is 0 Å². The molecule has 1 rings (SSSR count). The molecule has 0 saturated heterocycles. The molecular weight excluding hydrogens is 283 g/mol. The maximum Gasteiger partial charge on any atom is 0.433 e. The average Bonchev–Trinajstić information content (AvgIpc) is 2.28. The second-order valence-corrected chi connectivity index (χ2v) is 6.04. The number of nitrogens with one attached hydrogen (secondary N) is 2. The van der Waals surface area contributed by atoms with E-state index in [4.69, 9.17) is 0 Å². The van der Waals surface area contributed by atoms with Crippen LogP contribution in [0.1, 0.15) is 12.6 Å². The second-order valence-electron chi connectivity index (χ2n) is 3.95. The van der Waals surface area contributed by atoms with E-state index in [0.717, 1.165) is 18.3 Å². The third-order valence-electron chi connectivity index (χ3n) is 2.34. The highest BCUT2D eigenvalue weighted by atomic mass is 32.2. The number of hydrogen-bond donors (Lipinski definition) is 2. The molecule has 0 radical (unpaired) electrons. The van der Waals surface area contributed by atoms with E-state index < -0.39 is 27.1 Å². The lowest BCUT2D eigenvalue weighted by Crippen LogP contribution is -2.33. The summed E-state index contributed by atoms with van der Waals surface area (Å²) in [5.74, 6) is 0. The zero-order valence-corrected chi connectivity index (χ0v) is 11.1. The van der Waals surface area contributed by atoms with Crippen molar-refractivity contribution < 1.29 is 21.6 Å². The molecule has 1 aromatic rings. The van der Waals surface area contributed by atoms with E-state index in [-0.39, 0.29) is 12.2 Å². The zero-order chi connectivity index (χ0) is 14.7.